The lowest BCUT2D eigenvalue weighted by Crippen LogP contribution is -2.26. The lowest BCUT2D eigenvalue weighted by molar-refractivity contribution is -0.402. The molecule has 2 heterocycles. The Morgan fingerprint density at radius 3 is 2.95 bits per heavy atom. The van der Waals surface area contributed by atoms with E-state index in [0.29, 0.717) is 6.54 Å². The minimum atomic E-state index is -0.634. The molecular weight excluding hydrogens is 288 g/mol. The summed E-state index contributed by atoms with van der Waals surface area (Å²) in [4.78, 5) is 21.7. The van der Waals surface area contributed by atoms with Crippen molar-refractivity contribution < 1.29 is 14.1 Å². The van der Waals surface area contributed by atoms with Crippen molar-refractivity contribution in [3.8, 4) is 0 Å². The van der Waals surface area contributed by atoms with E-state index < -0.39 is 4.92 Å². The lowest BCUT2D eigenvalue weighted by atomic mass is 10.2. The summed E-state index contributed by atoms with van der Waals surface area (Å²) in [5.41, 5.74) is 0.901. The van der Waals surface area contributed by atoms with Gasteiger partial charge in [-0.1, -0.05) is 0 Å². The normalized spacial score (nSPS) is 12.5. The van der Waals surface area contributed by atoms with E-state index in [4.69, 9.17) is 4.42 Å². The van der Waals surface area contributed by atoms with Gasteiger partial charge < -0.3 is 9.73 Å². The highest BCUT2D eigenvalue weighted by atomic mass is 16.6. The maximum absolute atomic E-state index is 11.9. The zero-order chi connectivity index (χ0) is 16.1. The Labute approximate surface area is 126 Å². The second kappa shape index (κ2) is 6.70. The summed E-state index contributed by atoms with van der Waals surface area (Å²) in [7, 11) is 0. The standard InChI is InChI=1S/C14H16N4O4/c1-3-17-12(8-9-15-17)10(2)16-13(19)6-4-11-5-7-14(22-11)18(20)21/h4-10H,3H2,1-2H3,(H,16,19)/b6-4+. The molecule has 0 radical (unpaired) electrons. The quantitative estimate of drug-likeness (QED) is 0.501. The van der Waals surface area contributed by atoms with Crippen LogP contribution in [0.25, 0.3) is 6.08 Å². The number of rotatable bonds is 6. The minimum Gasteiger partial charge on any atom is -0.401 e. The van der Waals surface area contributed by atoms with Gasteiger partial charge in [0.15, 0.2) is 0 Å². The third-order valence-corrected chi connectivity index (χ3v) is 3.04. The monoisotopic (exact) mass is 304 g/mol. The number of hydrogen-bond donors (Lipinski definition) is 1. The summed E-state index contributed by atoms with van der Waals surface area (Å²) in [5, 5.41) is 17.4. The van der Waals surface area contributed by atoms with Gasteiger partial charge in [0.1, 0.15) is 10.7 Å². The van der Waals surface area contributed by atoms with E-state index >= 15 is 0 Å². The van der Waals surface area contributed by atoms with Gasteiger partial charge in [-0.2, -0.15) is 5.10 Å². The van der Waals surface area contributed by atoms with Gasteiger partial charge in [-0.25, -0.2) is 0 Å². The second-order valence-corrected chi connectivity index (χ2v) is 4.57. The smallest absolute Gasteiger partial charge is 0.401 e. The number of nitrogens with zero attached hydrogens (tertiary/aromatic N) is 3. The maximum Gasteiger partial charge on any atom is 0.433 e. The van der Waals surface area contributed by atoms with Gasteiger partial charge in [0.2, 0.25) is 5.91 Å². The van der Waals surface area contributed by atoms with E-state index in [-0.39, 0.29) is 23.6 Å². The first-order valence-corrected chi connectivity index (χ1v) is 6.75. The van der Waals surface area contributed by atoms with Gasteiger partial charge in [0.05, 0.1) is 17.8 Å². The predicted molar refractivity (Wildman–Crippen MR) is 78.9 cm³/mol. The number of furan rings is 1. The number of nitrogens with one attached hydrogen (secondary N) is 1. The number of carbonyl (C=O) groups excluding carboxylic acids is 1. The minimum absolute atomic E-state index is 0.203. The second-order valence-electron chi connectivity index (χ2n) is 4.57. The highest BCUT2D eigenvalue weighted by molar-refractivity contribution is 5.91. The van der Waals surface area contributed by atoms with Crippen molar-refractivity contribution in [1.29, 1.82) is 0 Å². The molecule has 0 bridgehead atoms. The van der Waals surface area contributed by atoms with Crippen molar-refractivity contribution in [2.45, 2.75) is 26.4 Å². The van der Waals surface area contributed by atoms with E-state index in [1.807, 2.05) is 19.9 Å². The zero-order valence-electron chi connectivity index (χ0n) is 12.2. The first kappa shape index (κ1) is 15.5. The number of amides is 1. The lowest BCUT2D eigenvalue weighted by Gasteiger charge is -2.13. The van der Waals surface area contributed by atoms with Crippen LogP contribution >= 0.6 is 0 Å². The van der Waals surface area contributed by atoms with Crippen molar-refractivity contribution in [3.05, 3.63) is 52.0 Å². The van der Waals surface area contributed by atoms with E-state index in [9.17, 15) is 14.9 Å². The summed E-state index contributed by atoms with van der Waals surface area (Å²) in [6.07, 6.45) is 4.33. The van der Waals surface area contributed by atoms with E-state index in [1.54, 1.807) is 10.9 Å². The van der Waals surface area contributed by atoms with Crippen LogP contribution in [-0.4, -0.2) is 20.6 Å². The van der Waals surface area contributed by atoms with Crippen molar-refractivity contribution in [2.24, 2.45) is 0 Å². The molecule has 0 saturated heterocycles. The Bertz CT molecular complexity index is 701. The van der Waals surface area contributed by atoms with Gasteiger partial charge in [0.25, 0.3) is 0 Å². The molecule has 1 amide bonds. The summed E-state index contributed by atoms with van der Waals surface area (Å²) < 4.78 is 6.73. The molecule has 0 spiro atoms. The molecule has 1 atom stereocenters. The highest BCUT2D eigenvalue weighted by Crippen LogP contribution is 2.16. The molecule has 1 N–H and O–H groups in total. The Morgan fingerprint density at radius 2 is 2.32 bits per heavy atom. The average Bonchev–Trinajstić information content (AvgIpc) is 3.13. The van der Waals surface area contributed by atoms with Crippen LogP contribution in [0.1, 0.15) is 31.3 Å². The van der Waals surface area contributed by atoms with Crippen LogP contribution in [0.5, 0.6) is 0 Å². The molecule has 116 valence electrons. The van der Waals surface area contributed by atoms with E-state index in [2.05, 4.69) is 10.4 Å². The van der Waals surface area contributed by atoms with Crippen LogP contribution < -0.4 is 5.32 Å². The molecule has 0 aliphatic carbocycles. The van der Waals surface area contributed by atoms with E-state index in [0.717, 1.165) is 5.69 Å². The van der Waals surface area contributed by atoms with Crippen LogP contribution in [0.15, 0.2) is 34.9 Å². The number of hydrogen-bond acceptors (Lipinski definition) is 5. The summed E-state index contributed by atoms with van der Waals surface area (Å²) >= 11 is 0. The molecule has 0 aliphatic heterocycles. The molecule has 8 heteroatoms. The summed E-state index contributed by atoms with van der Waals surface area (Å²) in [5.74, 6) is -0.441. The third-order valence-electron chi connectivity index (χ3n) is 3.04. The highest BCUT2D eigenvalue weighted by Gasteiger charge is 2.13. The Hall–Kier alpha value is -2.90. The molecule has 2 aromatic rings. The number of aryl methyl sites for hydroxylation is 1. The summed E-state index contributed by atoms with van der Waals surface area (Å²) in [6, 6.07) is 4.30. The topological polar surface area (TPSA) is 103 Å². The fourth-order valence-electron chi connectivity index (χ4n) is 2.00. The zero-order valence-corrected chi connectivity index (χ0v) is 12.2. The maximum atomic E-state index is 11.9. The molecular formula is C14H16N4O4. The number of aromatic nitrogens is 2. The molecule has 22 heavy (non-hydrogen) atoms. The van der Waals surface area contributed by atoms with Gasteiger partial charge in [-0.15, -0.1) is 0 Å². The van der Waals surface area contributed by atoms with E-state index in [1.165, 1.54) is 24.3 Å². The molecule has 2 aromatic heterocycles. The average molecular weight is 304 g/mol. The van der Waals surface area contributed by atoms with Gasteiger partial charge >= 0.3 is 5.88 Å². The molecule has 0 aliphatic rings. The molecule has 1 unspecified atom stereocenters. The van der Waals surface area contributed by atoms with Gasteiger partial charge in [0, 0.05) is 18.8 Å². The molecule has 0 saturated carbocycles. The summed E-state index contributed by atoms with van der Waals surface area (Å²) in [6.45, 7) is 4.54. The van der Waals surface area contributed by atoms with Crippen molar-refractivity contribution in [3.63, 3.8) is 0 Å². The Morgan fingerprint density at radius 1 is 1.55 bits per heavy atom. The Kier molecular flexibility index (Phi) is 4.72. The number of nitro groups is 1. The predicted octanol–water partition coefficient (Wildman–Crippen LogP) is 2.29. The molecule has 8 nitrogen and oxygen atoms in total. The van der Waals surface area contributed by atoms with Gasteiger partial charge in [-0.05, 0) is 32.1 Å². The third kappa shape index (κ3) is 3.60. The number of carbonyl (C=O) groups is 1. The molecule has 0 fully saturated rings. The fraction of sp³-hybridized carbons (Fsp3) is 0.286. The Balaban J connectivity index is 1.97. The van der Waals surface area contributed by atoms with Crippen molar-refractivity contribution in [2.75, 3.05) is 0 Å². The van der Waals surface area contributed by atoms with Crippen LogP contribution in [0.4, 0.5) is 5.88 Å². The van der Waals surface area contributed by atoms with Crippen LogP contribution in [0.2, 0.25) is 0 Å². The first-order valence-electron chi connectivity index (χ1n) is 6.75. The largest absolute Gasteiger partial charge is 0.433 e. The van der Waals surface area contributed by atoms with Crippen LogP contribution in [0, 0.1) is 10.1 Å². The van der Waals surface area contributed by atoms with Crippen molar-refractivity contribution in [1.82, 2.24) is 15.1 Å². The fourth-order valence-corrected chi connectivity index (χ4v) is 2.00. The first-order chi connectivity index (χ1) is 10.5. The SMILES string of the molecule is CCn1nccc1C(C)NC(=O)/C=C/c1ccc([N+](=O)[O-])o1. The molecule has 0 aromatic carbocycles. The van der Waals surface area contributed by atoms with Crippen molar-refractivity contribution >= 4 is 17.9 Å². The molecule has 2 rings (SSSR count). The van der Waals surface area contributed by atoms with Gasteiger partial charge in [-0.3, -0.25) is 19.6 Å². The van der Waals surface area contributed by atoms with Crippen LogP contribution in [-0.2, 0) is 11.3 Å². The van der Waals surface area contributed by atoms with Crippen LogP contribution in [0.3, 0.4) is 0 Å².